The van der Waals surface area contributed by atoms with E-state index >= 15 is 0 Å². The molecule has 4 nitrogen and oxygen atoms in total. The summed E-state index contributed by atoms with van der Waals surface area (Å²) in [5, 5.41) is 2.73. The molecule has 0 aliphatic heterocycles. The molecule has 0 heterocycles. The molecule has 6 heteroatoms. The van der Waals surface area contributed by atoms with E-state index in [1.54, 1.807) is 0 Å². The Morgan fingerprint density at radius 1 is 1.43 bits per heavy atom. The first-order valence-electron chi connectivity index (χ1n) is 7.18. The molecule has 0 bridgehead atoms. The quantitative estimate of drug-likeness (QED) is 0.797. The Kier molecular flexibility index (Phi) is 5.50. The first-order chi connectivity index (χ1) is 10.1. The molecule has 0 atom stereocenters. The van der Waals surface area contributed by atoms with Crippen molar-refractivity contribution in [2.75, 3.05) is 26.2 Å². The van der Waals surface area contributed by atoms with Gasteiger partial charge >= 0.3 is 0 Å². The van der Waals surface area contributed by atoms with Crippen molar-refractivity contribution in [3.8, 4) is 5.75 Å². The third-order valence-corrected chi connectivity index (χ3v) is 3.44. The summed E-state index contributed by atoms with van der Waals surface area (Å²) >= 11 is 0. The van der Waals surface area contributed by atoms with Gasteiger partial charge in [-0.05, 0) is 31.5 Å². The van der Waals surface area contributed by atoms with Crippen LogP contribution in [0.3, 0.4) is 0 Å². The lowest BCUT2D eigenvalue weighted by Gasteiger charge is -2.19. The normalized spacial score (nSPS) is 14.3. The molecule has 0 radical (unpaired) electrons. The Morgan fingerprint density at radius 3 is 2.81 bits per heavy atom. The fraction of sp³-hybridized carbons (Fsp3) is 0.533. The zero-order valence-corrected chi connectivity index (χ0v) is 12.1. The van der Waals surface area contributed by atoms with Crippen LogP contribution in [0.15, 0.2) is 18.2 Å². The number of hydrogen-bond donors (Lipinski definition) is 1. The molecule has 1 aliphatic rings. The molecule has 1 N–H and O–H groups in total. The average molecular weight is 298 g/mol. The lowest BCUT2D eigenvalue weighted by atomic mass is 10.3. The number of benzene rings is 1. The number of amides is 1. The maximum atomic E-state index is 13.3. The largest absolute Gasteiger partial charge is 0.481 e. The van der Waals surface area contributed by atoms with E-state index in [2.05, 4.69) is 17.1 Å². The maximum Gasteiger partial charge on any atom is 0.257 e. The first-order valence-corrected chi connectivity index (χ1v) is 7.18. The minimum absolute atomic E-state index is 0.125. The molecule has 0 aromatic heterocycles. The number of hydrogen-bond acceptors (Lipinski definition) is 3. The molecule has 2 rings (SSSR count). The van der Waals surface area contributed by atoms with Crippen molar-refractivity contribution < 1.29 is 18.3 Å². The molecule has 1 amide bonds. The third kappa shape index (κ3) is 4.97. The van der Waals surface area contributed by atoms with E-state index in [0.29, 0.717) is 12.6 Å². The van der Waals surface area contributed by atoms with Crippen LogP contribution in [0.1, 0.15) is 19.8 Å². The van der Waals surface area contributed by atoms with Crippen molar-refractivity contribution in [1.82, 2.24) is 10.2 Å². The topological polar surface area (TPSA) is 41.6 Å². The highest BCUT2D eigenvalue weighted by Gasteiger charge is 2.27. The molecular formula is C15H20F2N2O2. The number of nitrogens with zero attached hydrogens (tertiary/aromatic N) is 1. The number of likely N-dealkylation sites (N-methyl/N-ethyl adjacent to an activating group) is 1. The number of halogens is 2. The molecule has 0 spiro atoms. The van der Waals surface area contributed by atoms with Crippen molar-refractivity contribution >= 4 is 5.91 Å². The SMILES string of the molecule is CCN(CCNC(=O)COc1ccc(F)cc1F)C1CC1. The summed E-state index contributed by atoms with van der Waals surface area (Å²) in [6, 6.07) is 3.65. The van der Waals surface area contributed by atoms with Gasteiger partial charge in [-0.25, -0.2) is 8.78 Å². The number of ether oxygens (including phenoxy) is 1. The Morgan fingerprint density at radius 2 is 2.19 bits per heavy atom. The van der Waals surface area contributed by atoms with E-state index in [1.807, 2.05) is 0 Å². The van der Waals surface area contributed by atoms with Crippen molar-refractivity contribution in [2.24, 2.45) is 0 Å². The summed E-state index contributed by atoms with van der Waals surface area (Å²) in [6.45, 7) is 4.13. The third-order valence-electron chi connectivity index (χ3n) is 3.44. The fourth-order valence-corrected chi connectivity index (χ4v) is 2.16. The van der Waals surface area contributed by atoms with Gasteiger partial charge in [-0.1, -0.05) is 6.92 Å². The second-order valence-electron chi connectivity index (χ2n) is 5.07. The standard InChI is InChI=1S/C15H20F2N2O2/c1-2-19(12-4-5-12)8-7-18-15(20)10-21-14-6-3-11(16)9-13(14)17/h3,6,9,12H,2,4-5,7-8,10H2,1H3,(H,18,20). The van der Waals surface area contributed by atoms with Gasteiger partial charge in [0.05, 0.1) is 0 Å². The van der Waals surface area contributed by atoms with Gasteiger partial charge in [0.25, 0.3) is 5.91 Å². The predicted molar refractivity (Wildman–Crippen MR) is 75.1 cm³/mol. The highest BCUT2D eigenvalue weighted by Crippen LogP contribution is 2.25. The molecule has 21 heavy (non-hydrogen) atoms. The van der Waals surface area contributed by atoms with Crippen LogP contribution in [0.5, 0.6) is 5.75 Å². The molecule has 1 fully saturated rings. The van der Waals surface area contributed by atoms with Crippen LogP contribution in [0.4, 0.5) is 8.78 Å². The Labute approximate surface area is 123 Å². The van der Waals surface area contributed by atoms with Crippen LogP contribution in [0, 0.1) is 11.6 Å². The Balaban J connectivity index is 1.67. The van der Waals surface area contributed by atoms with E-state index in [1.165, 1.54) is 18.9 Å². The lowest BCUT2D eigenvalue weighted by molar-refractivity contribution is -0.123. The molecule has 1 saturated carbocycles. The highest BCUT2D eigenvalue weighted by atomic mass is 19.1. The van der Waals surface area contributed by atoms with Crippen molar-refractivity contribution in [3.63, 3.8) is 0 Å². The molecule has 0 unspecified atom stereocenters. The van der Waals surface area contributed by atoms with Crippen molar-refractivity contribution in [1.29, 1.82) is 0 Å². The monoisotopic (exact) mass is 298 g/mol. The van der Waals surface area contributed by atoms with Crippen molar-refractivity contribution in [3.05, 3.63) is 29.8 Å². The van der Waals surface area contributed by atoms with E-state index in [9.17, 15) is 13.6 Å². The summed E-state index contributed by atoms with van der Waals surface area (Å²) in [4.78, 5) is 13.9. The summed E-state index contributed by atoms with van der Waals surface area (Å²) < 4.78 is 31.0. The van der Waals surface area contributed by atoms with Crippen LogP contribution in [0.25, 0.3) is 0 Å². The van der Waals surface area contributed by atoms with Gasteiger partial charge < -0.3 is 10.1 Å². The summed E-state index contributed by atoms with van der Waals surface area (Å²) in [5.41, 5.74) is 0. The van der Waals surface area contributed by atoms with Crippen LogP contribution in [0.2, 0.25) is 0 Å². The second-order valence-corrected chi connectivity index (χ2v) is 5.07. The summed E-state index contributed by atoms with van der Waals surface area (Å²) in [5.74, 6) is -1.93. The van der Waals surface area contributed by atoms with Crippen LogP contribution in [-0.4, -0.2) is 43.1 Å². The number of carbonyl (C=O) groups is 1. The maximum absolute atomic E-state index is 13.3. The number of rotatable bonds is 8. The predicted octanol–water partition coefficient (Wildman–Crippen LogP) is 1.94. The van der Waals surface area contributed by atoms with Gasteiger partial charge in [0.15, 0.2) is 18.2 Å². The van der Waals surface area contributed by atoms with Crippen LogP contribution in [-0.2, 0) is 4.79 Å². The molecule has 116 valence electrons. The van der Waals surface area contributed by atoms with Gasteiger partial charge in [-0.2, -0.15) is 0 Å². The van der Waals surface area contributed by atoms with E-state index in [4.69, 9.17) is 4.74 Å². The van der Waals surface area contributed by atoms with Gasteiger partial charge in [0.2, 0.25) is 0 Å². The van der Waals surface area contributed by atoms with Gasteiger partial charge in [-0.3, -0.25) is 9.69 Å². The average Bonchev–Trinajstić information content (AvgIpc) is 3.27. The van der Waals surface area contributed by atoms with Gasteiger partial charge in [-0.15, -0.1) is 0 Å². The second kappa shape index (κ2) is 7.36. The molecule has 1 aliphatic carbocycles. The van der Waals surface area contributed by atoms with Crippen LogP contribution < -0.4 is 10.1 Å². The summed E-state index contributed by atoms with van der Waals surface area (Å²) in [7, 11) is 0. The molecule has 1 aromatic carbocycles. The van der Waals surface area contributed by atoms with Crippen LogP contribution >= 0.6 is 0 Å². The van der Waals surface area contributed by atoms with Crippen molar-refractivity contribution in [2.45, 2.75) is 25.8 Å². The number of carbonyl (C=O) groups excluding carboxylic acids is 1. The van der Waals surface area contributed by atoms with E-state index < -0.39 is 11.6 Å². The lowest BCUT2D eigenvalue weighted by Crippen LogP contribution is -2.37. The first kappa shape index (κ1) is 15.7. The molecule has 0 saturated heterocycles. The van der Waals surface area contributed by atoms with Gasteiger partial charge in [0, 0.05) is 25.2 Å². The highest BCUT2D eigenvalue weighted by molar-refractivity contribution is 5.77. The zero-order chi connectivity index (χ0) is 15.2. The van der Waals surface area contributed by atoms with Gasteiger partial charge in [0.1, 0.15) is 5.82 Å². The Hall–Kier alpha value is -1.69. The van der Waals surface area contributed by atoms with E-state index in [0.717, 1.165) is 25.2 Å². The van der Waals surface area contributed by atoms with E-state index in [-0.39, 0.29) is 18.3 Å². The molecule has 1 aromatic rings. The minimum atomic E-state index is -0.811. The summed E-state index contributed by atoms with van der Waals surface area (Å²) in [6.07, 6.45) is 2.46. The fourth-order valence-electron chi connectivity index (χ4n) is 2.16. The number of nitrogens with one attached hydrogen (secondary N) is 1. The molecular weight excluding hydrogens is 278 g/mol. The zero-order valence-electron chi connectivity index (χ0n) is 12.1. The minimum Gasteiger partial charge on any atom is -0.481 e. The Bertz CT molecular complexity index is 493. The smallest absolute Gasteiger partial charge is 0.257 e.